The van der Waals surface area contributed by atoms with Gasteiger partial charge in [0.25, 0.3) is 0 Å². The van der Waals surface area contributed by atoms with Gasteiger partial charge in [-0.1, -0.05) is 30.0 Å². The molecule has 0 saturated carbocycles. The van der Waals surface area contributed by atoms with E-state index in [0.29, 0.717) is 0 Å². The molecular formula is C13H11NS2. The molecule has 0 atom stereocenters. The number of benzene rings is 2. The van der Waals surface area contributed by atoms with E-state index in [1.54, 1.807) is 0 Å². The fourth-order valence-corrected chi connectivity index (χ4v) is 3.61. The molecule has 0 radical (unpaired) electrons. The summed E-state index contributed by atoms with van der Waals surface area (Å²) in [5.41, 5.74) is 2.45. The molecule has 0 fully saturated rings. The Hall–Kier alpha value is -1.06. The van der Waals surface area contributed by atoms with Gasteiger partial charge in [-0.05, 0) is 24.3 Å². The van der Waals surface area contributed by atoms with Gasteiger partial charge >= 0.3 is 0 Å². The summed E-state index contributed by atoms with van der Waals surface area (Å²) in [7, 11) is 2.09. The third kappa shape index (κ3) is 1.43. The minimum atomic E-state index is 1.03. The van der Waals surface area contributed by atoms with Crippen LogP contribution in [0.1, 0.15) is 0 Å². The average Bonchev–Trinajstić information content (AvgIpc) is 2.29. The molecule has 16 heavy (non-hydrogen) atoms. The Morgan fingerprint density at radius 2 is 1.75 bits per heavy atom. The van der Waals surface area contributed by atoms with Crippen LogP contribution < -0.4 is 4.90 Å². The molecule has 0 saturated heterocycles. The van der Waals surface area contributed by atoms with E-state index in [4.69, 9.17) is 0 Å². The first kappa shape index (κ1) is 10.1. The van der Waals surface area contributed by atoms with Gasteiger partial charge in [0.1, 0.15) is 0 Å². The molecular weight excluding hydrogens is 234 g/mol. The highest BCUT2D eigenvalue weighted by molar-refractivity contribution is 7.99. The molecule has 0 aromatic heterocycles. The van der Waals surface area contributed by atoms with Gasteiger partial charge in [-0.3, -0.25) is 0 Å². The van der Waals surface area contributed by atoms with Crippen molar-refractivity contribution in [2.75, 3.05) is 11.9 Å². The number of thiol groups is 1. The normalized spacial score (nSPS) is 13.2. The molecule has 3 rings (SSSR count). The molecule has 1 nitrogen and oxygen atoms in total. The van der Waals surface area contributed by atoms with E-state index in [2.05, 4.69) is 61.0 Å². The molecule has 2 aromatic carbocycles. The summed E-state index contributed by atoms with van der Waals surface area (Å²) in [6, 6.07) is 14.7. The number of fused-ring (bicyclic) bond motifs is 2. The van der Waals surface area contributed by atoms with Crippen LogP contribution in [0.3, 0.4) is 0 Å². The van der Waals surface area contributed by atoms with Gasteiger partial charge in [-0.2, -0.15) is 0 Å². The molecule has 0 N–H and O–H groups in total. The van der Waals surface area contributed by atoms with Gasteiger partial charge in [0.15, 0.2) is 0 Å². The van der Waals surface area contributed by atoms with Crippen LogP contribution in [0.5, 0.6) is 0 Å². The molecule has 0 aliphatic carbocycles. The summed E-state index contributed by atoms with van der Waals surface area (Å²) in [6.07, 6.45) is 0. The first-order chi connectivity index (χ1) is 7.77. The second-order valence-electron chi connectivity index (χ2n) is 3.75. The lowest BCUT2D eigenvalue weighted by Crippen LogP contribution is -2.15. The number of para-hydroxylation sites is 2. The number of anilines is 2. The molecule has 3 heteroatoms. The third-order valence-electron chi connectivity index (χ3n) is 2.76. The lowest BCUT2D eigenvalue weighted by molar-refractivity contribution is 1.08. The van der Waals surface area contributed by atoms with Crippen molar-refractivity contribution >= 4 is 35.8 Å². The predicted molar refractivity (Wildman–Crippen MR) is 72.3 cm³/mol. The molecule has 0 amide bonds. The molecule has 0 bridgehead atoms. The smallest absolute Gasteiger partial charge is 0.0685 e. The molecule has 1 heterocycles. The third-order valence-corrected chi connectivity index (χ3v) is 4.23. The lowest BCUT2D eigenvalue weighted by Gasteiger charge is -2.30. The van der Waals surface area contributed by atoms with Crippen molar-refractivity contribution in [2.45, 2.75) is 14.7 Å². The zero-order chi connectivity index (χ0) is 11.1. The Labute approximate surface area is 105 Å². The van der Waals surface area contributed by atoms with Gasteiger partial charge in [-0.25, -0.2) is 0 Å². The average molecular weight is 245 g/mol. The largest absolute Gasteiger partial charge is 0.342 e. The molecule has 0 unspecified atom stereocenters. The monoisotopic (exact) mass is 245 g/mol. The van der Waals surface area contributed by atoms with Crippen LogP contribution in [0.25, 0.3) is 0 Å². The molecule has 1 aliphatic heterocycles. The fraction of sp³-hybridized carbons (Fsp3) is 0.0769. The number of rotatable bonds is 0. The topological polar surface area (TPSA) is 3.24 Å². The predicted octanol–water partition coefficient (Wildman–Crippen LogP) is 4.21. The Morgan fingerprint density at radius 1 is 1.00 bits per heavy atom. The van der Waals surface area contributed by atoms with Crippen molar-refractivity contribution in [1.29, 1.82) is 0 Å². The Morgan fingerprint density at radius 3 is 2.62 bits per heavy atom. The SMILES string of the molecule is CN1c2ccccc2Sc2cccc(S)c21. The van der Waals surface area contributed by atoms with Gasteiger partial charge in [-0.15, -0.1) is 12.6 Å². The molecule has 1 aliphatic rings. The van der Waals surface area contributed by atoms with Crippen molar-refractivity contribution in [3.8, 4) is 0 Å². The summed E-state index contributed by atoms with van der Waals surface area (Å²) in [5.74, 6) is 0. The first-order valence-electron chi connectivity index (χ1n) is 5.10. The second-order valence-corrected chi connectivity index (χ2v) is 5.32. The molecule has 0 spiro atoms. The van der Waals surface area contributed by atoms with E-state index < -0.39 is 0 Å². The van der Waals surface area contributed by atoms with Gasteiger partial charge in [0, 0.05) is 21.7 Å². The van der Waals surface area contributed by atoms with Gasteiger partial charge in [0.05, 0.1) is 11.4 Å². The summed E-state index contributed by atoms with van der Waals surface area (Å²) in [6.45, 7) is 0. The second kappa shape index (κ2) is 3.75. The van der Waals surface area contributed by atoms with Crippen molar-refractivity contribution in [3.63, 3.8) is 0 Å². The fourth-order valence-electron chi connectivity index (χ4n) is 1.99. The van der Waals surface area contributed by atoms with E-state index in [1.807, 2.05) is 17.8 Å². The minimum absolute atomic E-state index is 1.03. The van der Waals surface area contributed by atoms with Crippen molar-refractivity contribution < 1.29 is 0 Å². The highest BCUT2D eigenvalue weighted by atomic mass is 32.2. The van der Waals surface area contributed by atoms with Crippen LogP contribution >= 0.6 is 24.4 Å². The van der Waals surface area contributed by atoms with E-state index in [-0.39, 0.29) is 0 Å². The van der Waals surface area contributed by atoms with Gasteiger partial charge in [0.2, 0.25) is 0 Å². The maximum atomic E-state index is 4.53. The Bertz CT molecular complexity index is 551. The summed E-state index contributed by atoms with van der Waals surface area (Å²) in [5, 5.41) is 0. The van der Waals surface area contributed by atoms with Crippen molar-refractivity contribution in [3.05, 3.63) is 42.5 Å². The van der Waals surface area contributed by atoms with Crippen LogP contribution in [0.4, 0.5) is 11.4 Å². The van der Waals surface area contributed by atoms with Crippen LogP contribution in [0.15, 0.2) is 57.2 Å². The maximum Gasteiger partial charge on any atom is 0.0685 e. The lowest BCUT2D eigenvalue weighted by atomic mass is 10.2. The van der Waals surface area contributed by atoms with Crippen LogP contribution in [-0.4, -0.2) is 7.05 Å². The quantitative estimate of drug-likeness (QED) is 0.693. The zero-order valence-electron chi connectivity index (χ0n) is 8.84. The maximum absolute atomic E-state index is 4.53. The highest BCUT2D eigenvalue weighted by Crippen LogP contribution is 2.49. The van der Waals surface area contributed by atoms with E-state index in [1.165, 1.54) is 21.2 Å². The van der Waals surface area contributed by atoms with Crippen LogP contribution in [0.2, 0.25) is 0 Å². The van der Waals surface area contributed by atoms with Crippen LogP contribution in [-0.2, 0) is 0 Å². The number of hydrogen-bond donors (Lipinski definition) is 1. The molecule has 2 aromatic rings. The van der Waals surface area contributed by atoms with E-state index in [0.717, 1.165) is 4.90 Å². The molecule has 80 valence electrons. The Kier molecular flexibility index (Phi) is 2.37. The highest BCUT2D eigenvalue weighted by Gasteiger charge is 2.21. The summed E-state index contributed by atoms with van der Waals surface area (Å²) >= 11 is 6.34. The standard InChI is InChI=1S/C13H11NS2/c1-14-9-5-2-3-7-11(9)16-12-8-4-6-10(15)13(12)14/h2-8,15H,1H3. The summed E-state index contributed by atoms with van der Waals surface area (Å²) in [4.78, 5) is 5.82. The summed E-state index contributed by atoms with van der Waals surface area (Å²) < 4.78 is 0. The van der Waals surface area contributed by atoms with Crippen LogP contribution in [0, 0.1) is 0 Å². The first-order valence-corrected chi connectivity index (χ1v) is 6.36. The Balaban J connectivity index is 2.23. The van der Waals surface area contributed by atoms with Crippen molar-refractivity contribution in [2.24, 2.45) is 0 Å². The minimum Gasteiger partial charge on any atom is -0.342 e. The van der Waals surface area contributed by atoms with E-state index in [9.17, 15) is 0 Å². The van der Waals surface area contributed by atoms with E-state index >= 15 is 0 Å². The van der Waals surface area contributed by atoms with Gasteiger partial charge < -0.3 is 4.90 Å². The number of nitrogens with zero attached hydrogens (tertiary/aromatic N) is 1. The van der Waals surface area contributed by atoms with Crippen molar-refractivity contribution in [1.82, 2.24) is 0 Å². The number of hydrogen-bond acceptors (Lipinski definition) is 3. The zero-order valence-corrected chi connectivity index (χ0v) is 10.6.